The number of nitrogens with zero attached hydrogens (tertiary/aromatic N) is 10. The molecule has 0 aromatic carbocycles. The monoisotopic (exact) mass is 608 g/mol. The lowest BCUT2D eigenvalue weighted by Crippen LogP contribution is -2.33. The second kappa shape index (κ2) is 15.9. The summed E-state index contributed by atoms with van der Waals surface area (Å²) in [4.78, 5) is 37.0. The molecule has 0 unspecified atom stereocenters. The van der Waals surface area contributed by atoms with Crippen LogP contribution in [0.1, 0.15) is 47.0 Å². The third kappa shape index (κ3) is 9.39. The summed E-state index contributed by atoms with van der Waals surface area (Å²) in [7, 11) is -1.49. The van der Waals surface area contributed by atoms with Crippen molar-refractivity contribution in [2.45, 2.75) is 59.0 Å². The van der Waals surface area contributed by atoms with E-state index < -0.39 is 7.12 Å². The molecule has 228 valence electrons. The van der Waals surface area contributed by atoms with Crippen molar-refractivity contribution in [2.24, 2.45) is 0 Å². The predicted molar refractivity (Wildman–Crippen MR) is 170 cm³/mol. The molecular weight excluding hydrogens is 571 g/mol. The molecule has 43 heavy (non-hydrogen) atoms. The molecule has 2 saturated heterocycles. The lowest BCUT2D eigenvalue weighted by molar-refractivity contribution is 0.425. The molecule has 6 rings (SSSR count). The second-order valence-corrected chi connectivity index (χ2v) is 10.2. The van der Waals surface area contributed by atoms with Gasteiger partial charge in [-0.25, -0.2) is 39.9 Å². The molecule has 0 amide bonds. The van der Waals surface area contributed by atoms with Gasteiger partial charge in [-0.2, -0.15) is 0 Å². The summed E-state index contributed by atoms with van der Waals surface area (Å²) in [6.07, 6.45) is 14.3. The van der Waals surface area contributed by atoms with Gasteiger partial charge < -0.3 is 31.3 Å². The maximum Gasteiger partial charge on any atom is 0.491 e. The first-order chi connectivity index (χ1) is 20.2. The molecule has 6 N–H and O–H groups in total. The molecule has 0 saturated carbocycles. The normalized spacial score (nSPS) is 17.2. The van der Waals surface area contributed by atoms with Crippen molar-refractivity contribution in [3.05, 3.63) is 54.6 Å². The topological polar surface area (TPSA) is 202 Å². The number of anilines is 4. The quantitative estimate of drug-likeness (QED) is 0.193. The average molecular weight is 609 g/mol. The summed E-state index contributed by atoms with van der Waals surface area (Å²) in [5.41, 5.74) is 12.0. The maximum absolute atomic E-state index is 8.89. The van der Waals surface area contributed by atoms with Crippen molar-refractivity contribution < 1.29 is 10.0 Å². The Balaban J connectivity index is 0.000000188. The maximum atomic E-state index is 8.89. The molecule has 4 aromatic rings. The lowest BCUT2D eigenvalue weighted by Gasteiger charge is -2.20. The van der Waals surface area contributed by atoms with Gasteiger partial charge in [-0.1, -0.05) is 7.43 Å². The zero-order chi connectivity index (χ0) is 30.1. The van der Waals surface area contributed by atoms with Crippen LogP contribution in [-0.2, 0) is 0 Å². The van der Waals surface area contributed by atoms with Crippen molar-refractivity contribution in [3.8, 4) is 11.4 Å². The van der Waals surface area contributed by atoms with Crippen LogP contribution < -0.4 is 26.7 Å². The summed E-state index contributed by atoms with van der Waals surface area (Å²) in [5.74, 6) is 2.84. The van der Waals surface area contributed by atoms with Gasteiger partial charge in [0.15, 0.2) is 5.82 Å². The second-order valence-electron chi connectivity index (χ2n) is 9.89. The molecular formula is C27H38BClN12O2. The van der Waals surface area contributed by atoms with Crippen LogP contribution in [0.15, 0.2) is 49.3 Å². The SMILES string of the molecule is C.C[C@H]1CCCN1c1ncc(-c2nccc(N)n2)cn1.C[C@H]1CCCN1c1ncc(B(O)O)cn1.Nc1ccnc(Cl)n1. The zero-order valence-corrected chi connectivity index (χ0v) is 24.2. The van der Waals surface area contributed by atoms with E-state index in [0.717, 1.165) is 37.4 Å². The van der Waals surface area contributed by atoms with Crippen LogP contribution in [0.3, 0.4) is 0 Å². The molecule has 16 heteroatoms. The number of nitrogens with two attached hydrogens (primary N) is 2. The van der Waals surface area contributed by atoms with Crippen LogP contribution in [0.2, 0.25) is 5.28 Å². The van der Waals surface area contributed by atoms with E-state index in [1.165, 1.54) is 31.4 Å². The van der Waals surface area contributed by atoms with Crippen LogP contribution in [0.5, 0.6) is 0 Å². The van der Waals surface area contributed by atoms with Gasteiger partial charge in [0, 0.05) is 67.8 Å². The summed E-state index contributed by atoms with van der Waals surface area (Å²) in [6.45, 7) is 6.34. The van der Waals surface area contributed by atoms with Crippen LogP contribution in [0.25, 0.3) is 11.4 Å². The van der Waals surface area contributed by atoms with Crippen molar-refractivity contribution in [2.75, 3.05) is 34.4 Å². The molecule has 4 aromatic heterocycles. The summed E-state index contributed by atoms with van der Waals surface area (Å²) >= 11 is 5.34. The van der Waals surface area contributed by atoms with Crippen LogP contribution in [0.4, 0.5) is 23.5 Å². The zero-order valence-electron chi connectivity index (χ0n) is 23.5. The Kier molecular flexibility index (Phi) is 12.3. The van der Waals surface area contributed by atoms with Crippen molar-refractivity contribution in [1.82, 2.24) is 39.9 Å². The van der Waals surface area contributed by atoms with Crippen molar-refractivity contribution in [3.63, 3.8) is 0 Å². The first kappa shape index (κ1) is 33.3. The minimum absolute atomic E-state index is 0. The Bertz CT molecular complexity index is 1400. The largest absolute Gasteiger partial charge is 0.491 e. The Labute approximate surface area is 256 Å². The predicted octanol–water partition coefficient (Wildman–Crippen LogP) is 2.00. The van der Waals surface area contributed by atoms with E-state index in [2.05, 4.69) is 63.5 Å². The van der Waals surface area contributed by atoms with E-state index in [1.807, 2.05) is 0 Å². The molecule has 2 atom stereocenters. The van der Waals surface area contributed by atoms with E-state index in [0.29, 0.717) is 41.0 Å². The minimum atomic E-state index is -1.49. The fourth-order valence-corrected chi connectivity index (χ4v) is 4.67. The Hall–Kier alpha value is -4.21. The fourth-order valence-electron chi connectivity index (χ4n) is 4.52. The van der Waals surface area contributed by atoms with E-state index >= 15 is 0 Å². The summed E-state index contributed by atoms with van der Waals surface area (Å²) < 4.78 is 0. The number of aromatic nitrogens is 8. The number of rotatable bonds is 4. The smallest absolute Gasteiger partial charge is 0.423 e. The van der Waals surface area contributed by atoms with E-state index in [-0.39, 0.29) is 12.7 Å². The van der Waals surface area contributed by atoms with E-state index in [1.54, 1.807) is 30.7 Å². The molecule has 2 fully saturated rings. The van der Waals surface area contributed by atoms with Gasteiger partial charge in [0.25, 0.3) is 0 Å². The van der Waals surface area contributed by atoms with Gasteiger partial charge in [0.2, 0.25) is 17.2 Å². The fraction of sp³-hybridized carbons (Fsp3) is 0.407. The molecule has 2 aliphatic rings. The summed E-state index contributed by atoms with van der Waals surface area (Å²) in [6, 6.07) is 4.21. The van der Waals surface area contributed by atoms with Crippen LogP contribution in [0, 0.1) is 0 Å². The van der Waals surface area contributed by atoms with Crippen molar-refractivity contribution in [1.29, 1.82) is 0 Å². The van der Waals surface area contributed by atoms with Gasteiger partial charge in [-0.05, 0) is 63.3 Å². The summed E-state index contributed by atoms with van der Waals surface area (Å²) in [5, 5.41) is 18.0. The number of nitrogen functional groups attached to an aromatic ring is 2. The van der Waals surface area contributed by atoms with Gasteiger partial charge >= 0.3 is 7.12 Å². The first-order valence-corrected chi connectivity index (χ1v) is 14.0. The number of hydrogen-bond acceptors (Lipinski definition) is 14. The number of halogens is 1. The molecule has 6 heterocycles. The van der Waals surface area contributed by atoms with Crippen LogP contribution in [-0.4, -0.2) is 82.2 Å². The highest BCUT2D eigenvalue weighted by Crippen LogP contribution is 2.23. The molecule has 0 spiro atoms. The third-order valence-electron chi connectivity index (χ3n) is 6.80. The molecule has 0 bridgehead atoms. The highest BCUT2D eigenvalue weighted by atomic mass is 35.5. The van der Waals surface area contributed by atoms with E-state index in [9.17, 15) is 0 Å². The Morgan fingerprint density at radius 1 is 0.767 bits per heavy atom. The number of hydrogen-bond donors (Lipinski definition) is 4. The van der Waals surface area contributed by atoms with Crippen LogP contribution >= 0.6 is 11.6 Å². The minimum Gasteiger partial charge on any atom is -0.423 e. The van der Waals surface area contributed by atoms with Crippen molar-refractivity contribution >= 4 is 47.7 Å². The highest BCUT2D eigenvalue weighted by molar-refractivity contribution is 6.58. The lowest BCUT2D eigenvalue weighted by atomic mass is 9.83. The standard InChI is InChI=1S/C13H16N6.C9H14BN3O2.C4H4ClN3.CH4/c1-9-3-2-6-19(9)13-16-7-10(8-17-13)12-15-5-4-11(14)18-12;1-7-3-2-4-13(7)9-11-5-8(6-12-9)10(14)15;5-4-7-2-1-3(6)8-4;/h4-5,7-9H,2-3,6H2,1H3,(H2,14,15,18);5-7,14-15H,2-4H2,1H3;1-2H,(H2,6,7,8);1H4/t9-;7-;;/m00../s1. The highest BCUT2D eigenvalue weighted by Gasteiger charge is 2.24. The molecule has 2 aliphatic heterocycles. The Morgan fingerprint density at radius 3 is 1.65 bits per heavy atom. The van der Waals surface area contributed by atoms with E-state index in [4.69, 9.17) is 33.1 Å². The van der Waals surface area contributed by atoms with Gasteiger partial charge in [-0.15, -0.1) is 0 Å². The Morgan fingerprint density at radius 2 is 1.26 bits per heavy atom. The van der Waals surface area contributed by atoms with Gasteiger partial charge in [0.05, 0.1) is 5.56 Å². The molecule has 0 radical (unpaired) electrons. The average Bonchev–Trinajstić information content (AvgIpc) is 3.61. The molecule has 0 aliphatic carbocycles. The molecule has 14 nitrogen and oxygen atoms in total. The first-order valence-electron chi connectivity index (χ1n) is 13.6. The van der Waals surface area contributed by atoms with Gasteiger partial charge in [0.1, 0.15) is 11.6 Å². The third-order valence-corrected chi connectivity index (χ3v) is 6.98. The van der Waals surface area contributed by atoms with Gasteiger partial charge in [-0.3, -0.25) is 0 Å².